The second-order valence-electron chi connectivity index (χ2n) is 2.77. The lowest BCUT2D eigenvalue weighted by Crippen LogP contribution is -1.95. The van der Waals surface area contributed by atoms with E-state index in [4.69, 9.17) is 23.2 Å². The summed E-state index contributed by atoms with van der Waals surface area (Å²) in [6.07, 6.45) is 2.90. The van der Waals surface area contributed by atoms with Gasteiger partial charge in [-0.1, -0.05) is 11.6 Å². The van der Waals surface area contributed by atoms with Crippen LogP contribution in [0, 0.1) is 0 Å². The third-order valence-electron chi connectivity index (χ3n) is 1.91. The molecule has 0 N–H and O–H groups in total. The molecule has 0 bridgehead atoms. The van der Waals surface area contributed by atoms with Crippen LogP contribution in [-0.2, 0) is 7.05 Å². The van der Waals surface area contributed by atoms with Gasteiger partial charge in [-0.15, -0.1) is 0 Å². The molecule has 72 valence electrons. The standard InChI is InChI=1S/C8H5Cl2N3O/c1-13-8-5(3-12-13)6(9)4(2-11-8)7(10)14/h2-3H,1H3. The molecule has 0 saturated heterocycles. The lowest BCUT2D eigenvalue weighted by atomic mass is 10.2. The van der Waals surface area contributed by atoms with E-state index in [2.05, 4.69) is 10.1 Å². The van der Waals surface area contributed by atoms with E-state index in [0.29, 0.717) is 16.1 Å². The van der Waals surface area contributed by atoms with Crippen LogP contribution in [0.15, 0.2) is 12.4 Å². The van der Waals surface area contributed by atoms with Gasteiger partial charge in [0.15, 0.2) is 5.65 Å². The van der Waals surface area contributed by atoms with Crippen LogP contribution in [0.25, 0.3) is 11.0 Å². The molecule has 2 heterocycles. The third-order valence-corrected chi connectivity index (χ3v) is 2.52. The van der Waals surface area contributed by atoms with Gasteiger partial charge in [0.05, 0.1) is 22.2 Å². The molecule has 2 aromatic heterocycles. The number of aromatic nitrogens is 3. The maximum absolute atomic E-state index is 10.9. The number of halogens is 2. The van der Waals surface area contributed by atoms with E-state index in [1.165, 1.54) is 6.20 Å². The van der Waals surface area contributed by atoms with Crippen LogP contribution in [0.5, 0.6) is 0 Å². The van der Waals surface area contributed by atoms with Crippen LogP contribution >= 0.6 is 23.2 Å². The van der Waals surface area contributed by atoms with E-state index in [0.717, 1.165) is 0 Å². The number of carbonyl (C=O) groups is 1. The van der Waals surface area contributed by atoms with Gasteiger partial charge < -0.3 is 0 Å². The Kier molecular flexibility index (Phi) is 2.17. The summed E-state index contributed by atoms with van der Waals surface area (Å²) in [5.74, 6) is 0. The third kappa shape index (κ3) is 1.27. The van der Waals surface area contributed by atoms with Crippen molar-refractivity contribution in [1.29, 1.82) is 0 Å². The zero-order valence-corrected chi connectivity index (χ0v) is 8.67. The molecule has 0 atom stereocenters. The predicted octanol–water partition coefficient (Wildman–Crippen LogP) is 2.00. The Balaban J connectivity index is 2.82. The average molecular weight is 230 g/mol. The fraction of sp³-hybridized carbons (Fsp3) is 0.125. The maximum atomic E-state index is 10.9. The highest BCUT2D eigenvalue weighted by molar-refractivity contribution is 6.69. The predicted molar refractivity (Wildman–Crippen MR) is 53.7 cm³/mol. The summed E-state index contributed by atoms with van der Waals surface area (Å²) in [5.41, 5.74) is 0.825. The molecule has 0 saturated carbocycles. The van der Waals surface area contributed by atoms with Crippen molar-refractivity contribution in [3.8, 4) is 0 Å². The number of aryl methyl sites for hydroxylation is 1. The molecule has 2 rings (SSSR count). The van der Waals surface area contributed by atoms with Crippen molar-refractivity contribution in [1.82, 2.24) is 14.8 Å². The average Bonchev–Trinajstić information content (AvgIpc) is 2.49. The van der Waals surface area contributed by atoms with Crippen molar-refractivity contribution in [2.45, 2.75) is 0 Å². The minimum Gasteiger partial charge on any atom is -0.275 e. The van der Waals surface area contributed by atoms with Gasteiger partial charge in [-0.3, -0.25) is 9.48 Å². The lowest BCUT2D eigenvalue weighted by Gasteiger charge is -1.99. The monoisotopic (exact) mass is 229 g/mol. The van der Waals surface area contributed by atoms with E-state index in [1.807, 2.05) is 0 Å². The first-order chi connectivity index (χ1) is 6.61. The minimum atomic E-state index is -0.617. The van der Waals surface area contributed by atoms with Crippen LogP contribution < -0.4 is 0 Å². The number of carbonyl (C=O) groups excluding carboxylic acids is 1. The number of nitrogens with zero attached hydrogens (tertiary/aromatic N) is 3. The molecule has 0 fully saturated rings. The first-order valence-electron chi connectivity index (χ1n) is 3.77. The second-order valence-corrected chi connectivity index (χ2v) is 3.49. The molecule has 0 aliphatic heterocycles. The smallest absolute Gasteiger partial charge is 0.255 e. The van der Waals surface area contributed by atoms with E-state index in [9.17, 15) is 4.79 Å². The summed E-state index contributed by atoms with van der Waals surface area (Å²) in [7, 11) is 1.74. The number of hydrogen-bond acceptors (Lipinski definition) is 3. The van der Waals surface area contributed by atoms with Crippen molar-refractivity contribution in [3.05, 3.63) is 23.0 Å². The summed E-state index contributed by atoms with van der Waals surface area (Å²) in [4.78, 5) is 15.0. The molecule has 0 radical (unpaired) electrons. The van der Waals surface area contributed by atoms with E-state index >= 15 is 0 Å². The van der Waals surface area contributed by atoms with Gasteiger partial charge in [-0.05, 0) is 11.6 Å². The number of pyridine rings is 1. The summed E-state index contributed by atoms with van der Waals surface area (Å²) >= 11 is 11.3. The van der Waals surface area contributed by atoms with Gasteiger partial charge in [-0.25, -0.2) is 4.98 Å². The first-order valence-corrected chi connectivity index (χ1v) is 4.53. The largest absolute Gasteiger partial charge is 0.275 e. The van der Waals surface area contributed by atoms with Crippen molar-refractivity contribution >= 4 is 39.5 Å². The second kappa shape index (κ2) is 3.22. The number of fused-ring (bicyclic) bond motifs is 1. The summed E-state index contributed by atoms with van der Waals surface area (Å²) in [5, 5.41) is 4.28. The lowest BCUT2D eigenvalue weighted by molar-refractivity contribution is 0.108. The molecule has 0 aliphatic rings. The highest BCUT2D eigenvalue weighted by atomic mass is 35.5. The van der Waals surface area contributed by atoms with Crippen molar-refractivity contribution in [2.24, 2.45) is 7.05 Å². The molecule has 0 aromatic carbocycles. The van der Waals surface area contributed by atoms with Crippen molar-refractivity contribution < 1.29 is 4.79 Å². The summed E-state index contributed by atoms with van der Waals surface area (Å²) in [6.45, 7) is 0. The van der Waals surface area contributed by atoms with Crippen LogP contribution in [-0.4, -0.2) is 20.0 Å². The quantitative estimate of drug-likeness (QED) is 0.704. The van der Waals surface area contributed by atoms with Crippen LogP contribution in [0.1, 0.15) is 10.4 Å². The van der Waals surface area contributed by atoms with E-state index in [1.54, 1.807) is 17.9 Å². The molecule has 0 spiro atoms. The van der Waals surface area contributed by atoms with Gasteiger partial charge in [0.25, 0.3) is 5.24 Å². The Labute approximate surface area is 89.4 Å². The highest BCUT2D eigenvalue weighted by Gasteiger charge is 2.13. The van der Waals surface area contributed by atoms with E-state index < -0.39 is 5.24 Å². The van der Waals surface area contributed by atoms with Crippen LogP contribution in [0.4, 0.5) is 0 Å². The van der Waals surface area contributed by atoms with Gasteiger partial charge in [0, 0.05) is 13.2 Å². The highest BCUT2D eigenvalue weighted by Crippen LogP contribution is 2.25. The molecule has 14 heavy (non-hydrogen) atoms. The number of rotatable bonds is 1. The molecule has 0 aliphatic carbocycles. The van der Waals surface area contributed by atoms with Gasteiger partial charge in [0.1, 0.15) is 0 Å². The van der Waals surface area contributed by atoms with Crippen molar-refractivity contribution in [3.63, 3.8) is 0 Å². The molecule has 4 nitrogen and oxygen atoms in total. The Morgan fingerprint density at radius 1 is 1.50 bits per heavy atom. The normalized spacial score (nSPS) is 10.8. The van der Waals surface area contributed by atoms with E-state index in [-0.39, 0.29) is 5.56 Å². The fourth-order valence-electron chi connectivity index (χ4n) is 1.20. The molecule has 6 heteroatoms. The zero-order chi connectivity index (χ0) is 10.3. The summed E-state index contributed by atoms with van der Waals surface area (Å²) < 4.78 is 1.57. The maximum Gasteiger partial charge on any atom is 0.255 e. The molecular weight excluding hydrogens is 225 g/mol. The summed E-state index contributed by atoms with van der Waals surface area (Å²) in [6, 6.07) is 0. The Morgan fingerprint density at radius 3 is 2.86 bits per heavy atom. The van der Waals surface area contributed by atoms with Gasteiger partial charge in [-0.2, -0.15) is 5.10 Å². The molecule has 0 amide bonds. The Bertz CT molecular complexity index is 521. The Hall–Kier alpha value is -1.13. The zero-order valence-electron chi connectivity index (χ0n) is 7.16. The first kappa shape index (κ1) is 9.43. The van der Waals surface area contributed by atoms with Gasteiger partial charge >= 0.3 is 0 Å². The number of hydrogen-bond donors (Lipinski definition) is 0. The van der Waals surface area contributed by atoms with Crippen molar-refractivity contribution in [2.75, 3.05) is 0 Å². The van der Waals surface area contributed by atoms with Gasteiger partial charge in [0.2, 0.25) is 0 Å². The molecule has 2 aromatic rings. The minimum absolute atomic E-state index is 0.203. The Morgan fingerprint density at radius 2 is 2.21 bits per heavy atom. The fourth-order valence-corrected chi connectivity index (χ4v) is 1.66. The van der Waals surface area contributed by atoms with Crippen LogP contribution in [0.3, 0.4) is 0 Å². The topological polar surface area (TPSA) is 47.8 Å². The SMILES string of the molecule is Cn1ncc2c(Cl)c(C(=O)Cl)cnc21. The molecule has 0 unspecified atom stereocenters. The van der Waals surface area contributed by atoms with Crippen LogP contribution in [0.2, 0.25) is 5.02 Å². The molecular formula is C8H5Cl2N3O.